The third kappa shape index (κ3) is 1.96. The van der Waals surface area contributed by atoms with Gasteiger partial charge in [0, 0.05) is 25.2 Å². The SMILES string of the molecule is CCOC(=O)[C@@H]1[C@H]2CNC[C@@H](C2)N1C(C)C. The smallest absolute Gasteiger partial charge is 0.323 e. The zero-order valence-electron chi connectivity index (χ0n) is 10.4. The molecular formula is C12H22N2O2. The Morgan fingerprint density at radius 3 is 2.88 bits per heavy atom. The van der Waals surface area contributed by atoms with E-state index in [-0.39, 0.29) is 12.0 Å². The van der Waals surface area contributed by atoms with Crippen molar-refractivity contribution in [3.05, 3.63) is 0 Å². The normalized spacial score (nSPS) is 34.4. The molecule has 2 heterocycles. The molecule has 0 aromatic heterocycles. The molecule has 0 aliphatic carbocycles. The van der Waals surface area contributed by atoms with Crippen molar-refractivity contribution in [3.63, 3.8) is 0 Å². The highest BCUT2D eigenvalue weighted by atomic mass is 16.5. The van der Waals surface area contributed by atoms with Gasteiger partial charge >= 0.3 is 5.97 Å². The van der Waals surface area contributed by atoms with E-state index in [1.807, 2.05) is 6.92 Å². The van der Waals surface area contributed by atoms with E-state index in [9.17, 15) is 4.79 Å². The third-order valence-corrected chi connectivity index (χ3v) is 3.68. The van der Waals surface area contributed by atoms with Gasteiger partial charge in [0.1, 0.15) is 6.04 Å². The van der Waals surface area contributed by atoms with Crippen LogP contribution in [0, 0.1) is 5.92 Å². The Morgan fingerprint density at radius 2 is 2.25 bits per heavy atom. The van der Waals surface area contributed by atoms with Crippen molar-refractivity contribution < 1.29 is 9.53 Å². The summed E-state index contributed by atoms with van der Waals surface area (Å²) in [4.78, 5) is 14.3. The van der Waals surface area contributed by atoms with E-state index in [2.05, 4.69) is 24.1 Å². The van der Waals surface area contributed by atoms with E-state index in [4.69, 9.17) is 4.74 Å². The maximum absolute atomic E-state index is 12.0. The predicted molar refractivity (Wildman–Crippen MR) is 62.2 cm³/mol. The van der Waals surface area contributed by atoms with Crippen LogP contribution >= 0.6 is 0 Å². The molecule has 2 fully saturated rings. The number of piperidine rings is 1. The lowest BCUT2D eigenvalue weighted by atomic mass is 9.96. The van der Waals surface area contributed by atoms with Crippen LogP contribution in [-0.2, 0) is 9.53 Å². The van der Waals surface area contributed by atoms with Gasteiger partial charge in [-0.25, -0.2) is 0 Å². The lowest BCUT2D eigenvalue weighted by Crippen LogP contribution is -2.47. The molecule has 4 heteroatoms. The average Bonchev–Trinajstić information content (AvgIpc) is 2.50. The van der Waals surface area contributed by atoms with Gasteiger partial charge in [0.2, 0.25) is 0 Å². The van der Waals surface area contributed by atoms with Gasteiger partial charge in [0.25, 0.3) is 0 Å². The Bertz CT molecular complexity index is 268. The fourth-order valence-electron chi connectivity index (χ4n) is 3.17. The van der Waals surface area contributed by atoms with Gasteiger partial charge < -0.3 is 10.1 Å². The Morgan fingerprint density at radius 1 is 1.50 bits per heavy atom. The molecule has 0 radical (unpaired) electrons. The van der Waals surface area contributed by atoms with E-state index in [0.717, 1.165) is 19.5 Å². The number of carbonyl (C=O) groups excluding carboxylic acids is 1. The van der Waals surface area contributed by atoms with Crippen LogP contribution in [0.15, 0.2) is 0 Å². The largest absolute Gasteiger partial charge is 0.465 e. The number of hydrogen-bond donors (Lipinski definition) is 1. The lowest BCUT2D eigenvalue weighted by molar-refractivity contribution is -0.150. The number of carbonyl (C=O) groups is 1. The molecule has 2 bridgehead atoms. The highest BCUT2D eigenvalue weighted by Crippen LogP contribution is 2.34. The maximum Gasteiger partial charge on any atom is 0.323 e. The zero-order valence-corrected chi connectivity index (χ0v) is 10.4. The van der Waals surface area contributed by atoms with Crippen LogP contribution in [0.3, 0.4) is 0 Å². The van der Waals surface area contributed by atoms with Crippen molar-refractivity contribution in [3.8, 4) is 0 Å². The summed E-state index contributed by atoms with van der Waals surface area (Å²) in [5.41, 5.74) is 0. The molecule has 1 N–H and O–H groups in total. The van der Waals surface area contributed by atoms with Crippen LogP contribution in [0.5, 0.6) is 0 Å². The fraction of sp³-hybridized carbons (Fsp3) is 0.917. The second kappa shape index (κ2) is 4.72. The molecule has 0 aromatic rings. The minimum absolute atomic E-state index is 0.0278. The summed E-state index contributed by atoms with van der Waals surface area (Å²) in [6, 6.07) is 0.886. The molecule has 0 spiro atoms. The minimum Gasteiger partial charge on any atom is -0.465 e. The molecule has 2 aliphatic rings. The predicted octanol–water partition coefficient (Wildman–Crippen LogP) is 0.620. The molecule has 2 saturated heterocycles. The van der Waals surface area contributed by atoms with Crippen molar-refractivity contribution in [1.29, 1.82) is 0 Å². The molecule has 2 rings (SSSR count). The molecule has 0 unspecified atom stereocenters. The number of rotatable bonds is 3. The molecular weight excluding hydrogens is 204 g/mol. The van der Waals surface area contributed by atoms with E-state index < -0.39 is 0 Å². The van der Waals surface area contributed by atoms with Crippen molar-refractivity contribution >= 4 is 5.97 Å². The van der Waals surface area contributed by atoms with Crippen LogP contribution in [0.2, 0.25) is 0 Å². The maximum atomic E-state index is 12.0. The molecule has 92 valence electrons. The summed E-state index contributed by atoms with van der Waals surface area (Å²) in [6.07, 6.45) is 1.13. The highest BCUT2D eigenvalue weighted by Gasteiger charge is 2.48. The van der Waals surface area contributed by atoms with Crippen molar-refractivity contribution in [2.24, 2.45) is 5.92 Å². The number of nitrogens with one attached hydrogen (secondary N) is 1. The van der Waals surface area contributed by atoms with Gasteiger partial charge in [-0.3, -0.25) is 9.69 Å². The zero-order chi connectivity index (χ0) is 11.7. The molecule has 4 nitrogen and oxygen atoms in total. The Labute approximate surface area is 97.3 Å². The van der Waals surface area contributed by atoms with Crippen LogP contribution in [0.4, 0.5) is 0 Å². The number of hydrogen-bond acceptors (Lipinski definition) is 4. The first-order chi connectivity index (χ1) is 7.65. The summed E-state index contributed by atoms with van der Waals surface area (Å²) >= 11 is 0. The molecule has 0 amide bonds. The number of likely N-dealkylation sites (tertiary alicyclic amines) is 1. The van der Waals surface area contributed by atoms with E-state index >= 15 is 0 Å². The van der Waals surface area contributed by atoms with E-state index in [1.165, 1.54) is 0 Å². The Kier molecular flexibility index (Phi) is 3.50. The van der Waals surface area contributed by atoms with Gasteiger partial charge in [0.05, 0.1) is 6.61 Å². The van der Waals surface area contributed by atoms with Crippen molar-refractivity contribution in [1.82, 2.24) is 10.2 Å². The minimum atomic E-state index is -0.0348. The summed E-state index contributed by atoms with van der Waals surface area (Å²) in [6.45, 7) is 8.62. The fourth-order valence-corrected chi connectivity index (χ4v) is 3.17. The first-order valence-electron chi connectivity index (χ1n) is 6.30. The van der Waals surface area contributed by atoms with Gasteiger partial charge in [0.15, 0.2) is 0 Å². The summed E-state index contributed by atoms with van der Waals surface area (Å²) in [5.74, 6) is 0.396. The molecule has 0 saturated carbocycles. The second-order valence-corrected chi connectivity index (χ2v) is 5.05. The topological polar surface area (TPSA) is 41.6 Å². The first kappa shape index (κ1) is 11.9. The number of fused-ring (bicyclic) bond motifs is 2. The number of esters is 1. The molecule has 3 atom stereocenters. The van der Waals surface area contributed by atoms with Crippen LogP contribution < -0.4 is 5.32 Å². The van der Waals surface area contributed by atoms with Crippen molar-refractivity contribution in [2.45, 2.75) is 45.3 Å². The molecule has 0 aromatic carbocycles. The Balaban J connectivity index is 2.16. The third-order valence-electron chi connectivity index (χ3n) is 3.68. The summed E-state index contributed by atoms with van der Waals surface area (Å²) in [5, 5.41) is 3.41. The van der Waals surface area contributed by atoms with Crippen LogP contribution in [0.25, 0.3) is 0 Å². The van der Waals surface area contributed by atoms with E-state index in [1.54, 1.807) is 0 Å². The number of nitrogens with zero attached hydrogens (tertiary/aromatic N) is 1. The van der Waals surface area contributed by atoms with Gasteiger partial charge in [-0.15, -0.1) is 0 Å². The second-order valence-electron chi connectivity index (χ2n) is 5.05. The first-order valence-corrected chi connectivity index (χ1v) is 6.30. The van der Waals surface area contributed by atoms with Crippen molar-refractivity contribution in [2.75, 3.05) is 19.7 Å². The Hall–Kier alpha value is -0.610. The standard InChI is InChI=1S/C12H22N2O2/c1-4-16-12(15)11-9-5-10(7-13-6-9)14(11)8(2)3/h8-11,13H,4-7H2,1-3H3/t9-,10-,11+/m1/s1. The average molecular weight is 226 g/mol. The monoisotopic (exact) mass is 226 g/mol. The van der Waals surface area contributed by atoms with Crippen LogP contribution in [0.1, 0.15) is 27.2 Å². The molecule has 2 aliphatic heterocycles. The van der Waals surface area contributed by atoms with Gasteiger partial charge in [-0.1, -0.05) is 0 Å². The highest BCUT2D eigenvalue weighted by molar-refractivity contribution is 5.77. The quantitative estimate of drug-likeness (QED) is 0.716. The summed E-state index contributed by atoms with van der Waals surface area (Å²) < 4.78 is 5.21. The number of ether oxygens (including phenoxy) is 1. The molecule has 16 heavy (non-hydrogen) atoms. The van der Waals surface area contributed by atoms with E-state index in [0.29, 0.717) is 24.6 Å². The summed E-state index contributed by atoms with van der Waals surface area (Å²) in [7, 11) is 0. The lowest BCUT2D eigenvalue weighted by Gasteiger charge is -2.31. The van der Waals surface area contributed by atoms with Gasteiger partial charge in [-0.05, 0) is 33.1 Å². The van der Waals surface area contributed by atoms with Crippen LogP contribution in [-0.4, -0.2) is 48.7 Å². The van der Waals surface area contributed by atoms with Gasteiger partial charge in [-0.2, -0.15) is 0 Å².